The zero-order valence-corrected chi connectivity index (χ0v) is 14.7. The summed E-state index contributed by atoms with van der Waals surface area (Å²) in [6, 6.07) is 13.9. The van der Waals surface area contributed by atoms with Gasteiger partial charge in [-0.3, -0.25) is 4.79 Å². The number of carbonyl (C=O) groups excluding carboxylic acids is 1. The summed E-state index contributed by atoms with van der Waals surface area (Å²) in [5.74, 6) is 1.34. The Hall–Kier alpha value is -2.95. The van der Waals surface area contributed by atoms with Gasteiger partial charge in [-0.05, 0) is 49.1 Å². The lowest BCUT2D eigenvalue weighted by Gasteiger charge is -2.25. The van der Waals surface area contributed by atoms with Crippen molar-refractivity contribution in [1.29, 1.82) is 0 Å². The third-order valence-corrected chi connectivity index (χ3v) is 4.73. The number of aromatic nitrogens is 2. The molecule has 1 aliphatic carbocycles. The minimum absolute atomic E-state index is 0.00308. The topological polar surface area (TPSA) is 64.1 Å². The quantitative estimate of drug-likeness (QED) is 0.784. The first-order valence-corrected chi connectivity index (χ1v) is 8.92. The Balaban J connectivity index is 1.40. The van der Waals surface area contributed by atoms with Gasteiger partial charge >= 0.3 is 0 Å². The number of amides is 1. The molecular weight excluding hydrogens is 326 g/mol. The molecule has 2 aromatic carbocycles. The number of benzene rings is 2. The van der Waals surface area contributed by atoms with Crippen molar-refractivity contribution in [2.75, 3.05) is 6.61 Å². The largest absolute Gasteiger partial charge is 0.484 e. The van der Waals surface area contributed by atoms with Crippen molar-refractivity contribution < 1.29 is 9.53 Å². The van der Waals surface area contributed by atoms with Crippen molar-refractivity contribution in [3.05, 3.63) is 65.7 Å². The number of hydrogen-bond donors (Lipinski definition) is 1. The summed E-state index contributed by atoms with van der Waals surface area (Å²) >= 11 is 0. The molecule has 26 heavy (non-hydrogen) atoms. The molecule has 0 unspecified atom stereocenters. The molecule has 0 saturated heterocycles. The molecule has 0 aliphatic heterocycles. The van der Waals surface area contributed by atoms with Crippen LogP contribution in [0, 0.1) is 6.92 Å². The zero-order valence-electron chi connectivity index (χ0n) is 14.7. The van der Waals surface area contributed by atoms with E-state index in [9.17, 15) is 4.79 Å². The molecule has 5 heteroatoms. The molecule has 1 amide bonds. The van der Waals surface area contributed by atoms with Crippen molar-refractivity contribution in [2.45, 2.75) is 32.2 Å². The van der Waals surface area contributed by atoms with Crippen LogP contribution in [-0.2, 0) is 11.2 Å². The molecule has 0 radical (unpaired) electrons. The van der Waals surface area contributed by atoms with E-state index in [2.05, 4.69) is 21.4 Å². The summed E-state index contributed by atoms with van der Waals surface area (Å²) in [6.07, 6.45) is 4.70. The van der Waals surface area contributed by atoms with Crippen molar-refractivity contribution in [1.82, 2.24) is 15.3 Å². The van der Waals surface area contributed by atoms with Gasteiger partial charge in [0.15, 0.2) is 6.61 Å². The molecule has 0 spiro atoms. The summed E-state index contributed by atoms with van der Waals surface area (Å²) in [5, 5.41) is 5.31. The molecule has 1 aliphatic rings. The minimum atomic E-state index is -0.128. The maximum Gasteiger partial charge on any atom is 0.258 e. The third kappa shape index (κ3) is 3.52. The molecule has 1 atom stereocenters. The standard InChI is InChI=1S/C21H21N3O2/c1-14-22-12-18-19(23-14)7-4-8-20(18)24-21(25)13-26-17-10-9-15-5-2-3-6-16(15)11-17/h2-3,5-6,9-12,20H,4,7-8,13H2,1H3,(H,24,25)/t20-/m0/s1. The fraction of sp³-hybridized carbons (Fsp3) is 0.286. The molecular formula is C21H21N3O2. The van der Waals surface area contributed by atoms with E-state index in [1.807, 2.05) is 49.5 Å². The van der Waals surface area contributed by atoms with Crippen LogP contribution < -0.4 is 10.1 Å². The second-order valence-electron chi connectivity index (χ2n) is 6.63. The Kier molecular flexibility index (Phi) is 4.52. The first-order chi connectivity index (χ1) is 12.7. The maximum absolute atomic E-state index is 12.3. The fourth-order valence-corrected chi connectivity index (χ4v) is 3.44. The summed E-state index contributed by atoms with van der Waals surface area (Å²) in [5.41, 5.74) is 2.07. The number of fused-ring (bicyclic) bond motifs is 2. The highest BCUT2D eigenvalue weighted by molar-refractivity contribution is 5.84. The molecule has 1 aromatic heterocycles. The van der Waals surface area contributed by atoms with Crippen molar-refractivity contribution in [2.24, 2.45) is 0 Å². The highest BCUT2D eigenvalue weighted by atomic mass is 16.5. The molecule has 0 fully saturated rings. The van der Waals surface area contributed by atoms with Crippen LogP contribution >= 0.6 is 0 Å². The number of aryl methyl sites for hydroxylation is 2. The van der Waals surface area contributed by atoms with Crippen LogP contribution in [-0.4, -0.2) is 22.5 Å². The van der Waals surface area contributed by atoms with Crippen molar-refractivity contribution in [3.8, 4) is 5.75 Å². The van der Waals surface area contributed by atoms with Crippen LogP contribution in [0.5, 0.6) is 5.75 Å². The normalized spacial score (nSPS) is 16.1. The molecule has 0 bridgehead atoms. The Morgan fingerprint density at radius 1 is 1.23 bits per heavy atom. The second kappa shape index (κ2) is 7.12. The summed E-state index contributed by atoms with van der Waals surface area (Å²) in [4.78, 5) is 21.1. The van der Waals surface area contributed by atoms with Gasteiger partial charge in [-0.2, -0.15) is 0 Å². The average Bonchev–Trinajstić information content (AvgIpc) is 2.66. The Labute approximate surface area is 152 Å². The summed E-state index contributed by atoms with van der Waals surface area (Å²) < 4.78 is 5.68. The number of carbonyl (C=O) groups is 1. The molecule has 1 N–H and O–H groups in total. The minimum Gasteiger partial charge on any atom is -0.484 e. The number of nitrogens with one attached hydrogen (secondary N) is 1. The fourth-order valence-electron chi connectivity index (χ4n) is 3.44. The molecule has 4 rings (SSSR count). The average molecular weight is 347 g/mol. The van der Waals surface area contributed by atoms with Gasteiger partial charge in [-0.15, -0.1) is 0 Å². The van der Waals surface area contributed by atoms with Gasteiger partial charge < -0.3 is 10.1 Å². The van der Waals surface area contributed by atoms with E-state index in [4.69, 9.17) is 4.74 Å². The van der Waals surface area contributed by atoms with Gasteiger partial charge in [-0.25, -0.2) is 9.97 Å². The number of nitrogens with zero attached hydrogens (tertiary/aromatic N) is 2. The first kappa shape index (κ1) is 16.5. The van der Waals surface area contributed by atoms with Gasteiger partial charge in [0.2, 0.25) is 0 Å². The van der Waals surface area contributed by atoms with Gasteiger partial charge in [0, 0.05) is 17.5 Å². The molecule has 5 nitrogen and oxygen atoms in total. The van der Waals surface area contributed by atoms with Crippen LogP contribution in [0.2, 0.25) is 0 Å². The molecule has 3 aromatic rings. The number of hydrogen-bond acceptors (Lipinski definition) is 4. The van der Waals surface area contributed by atoms with E-state index >= 15 is 0 Å². The SMILES string of the molecule is Cc1ncc2c(n1)CCC[C@@H]2NC(=O)COc1ccc2ccccc2c1. The molecule has 0 saturated carbocycles. The molecule has 132 valence electrons. The van der Waals surface area contributed by atoms with Crippen LogP contribution in [0.25, 0.3) is 10.8 Å². The Morgan fingerprint density at radius 2 is 2.08 bits per heavy atom. The molecule has 1 heterocycles. The van der Waals surface area contributed by atoms with Crippen LogP contribution in [0.15, 0.2) is 48.7 Å². The highest BCUT2D eigenvalue weighted by Gasteiger charge is 2.23. The van der Waals surface area contributed by atoms with E-state index in [0.717, 1.165) is 47.1 Å². The summed E-state index contributed by atoms with van der Waals surface area (Å²) in [7, 11) is 0. The lowest BCUT2D eigenvalue weighted by atomic mass is 9.92. The monoisotopic (exact) mass is 347 g/mol. The first-order valence-electron chi connectivity index (χ1n) is 8.92. The predicted octanol–water partition coefficient (Wildman–Crippen LogP) is 3.51. The zero-order chi connectivity index (χ0) is 17.9. The highest BCUT2D eigenvalue weighted by Crippen LogP contribution is 2.28. The van der Waals surface area contributed by atoms with Gasteiger partial charge in [-0.1, -0.05) is 30.3 Å². The Bertz CT molecular complexity index is 955. The van der Waals surface area contributed by atoms with E-state index in [1.54, 1.807) is 0 Å². The van der Waals surface area contributed by atoms with Gasteiger partial charge in [0.1, 0.15) is 11.6 Å². The van der Waals surface area contributed by atoms with Crippen LogP contribution in [0.4, 0.5) is 0 Å². The summed E-state index contributed by atoms with van der Waals surface area (Å²) in [6.45, 7) is 1.89. The lowest BCUT2D eigenvalue weighted by Crippen LogP contribution is -2.34. The van der Waals surface area contributed by atoms with E-state index in [1.165, 1.54) is 0 Å². The van der Waals surface area contributed by atoms with Gasteiger partial charge in [0.25, 0.3) is 5.91 Å². The maximum atomic E-state index is 12.3. The second-order valence-corrected chi connectivity index (χ2v) is 6.63. The predicted molar refractivity (Wildman–Crippen MR) is 100 cm³/mol. The third-order valence-electron chi connectivity index (χ3n) is 4.73. The number of ether oxygens (including phenoxy) is 1. The van der Waals surface area contributed by atoms with Crippen molar-refractivity contribution in [3.63, 3.8) is 0 Å². The van der Waals surface area contributed by atoms with E-state index < -0.39 is 0 Å². The van der Waals surface area contributed by atoms with E-state index in [-0.39, 0.29) is 18.6 Å². The lowest BCUT2D eigenvalue weighted by molar-refractivity contribution is -0.123. The smallest absolute Gasteiger partial charge is 0.258 e. The van der Waals surface area contributed by atoms with Crippen LogP contribution in [0.3, 0.4) is 0 Å². The Morgan fingerprint density at radius 3 is 2.96 bits per heavy atom. The van der Waals surface area contributed by atoms with Gasteiger partial charge in [0.05, 0.1) is 6.04 Å². The number of rotatable bonds is 4. The van der Waals surface area contributed by atoms with Crippen LogP contribution in [0.1, 0.15) is 36.0 Å². The van der Waals surface area contributed by atoms with E-state index in [0.29, 0.717) is 5.75 Å². The van der Waals surface area contributed by atoms with Crippen molar-refractivity contribution >= 4 is 16.7 Å².